The van der Waals surface area contributed by atoms with Gasteiger partial charge >= 0.3 is 5.97 Å². The number of para-hydroxylation sites is 1. The van der Waals surface area contributed by atoms with Crippen molar-refractivity contribution in [3.05, 3.63) is 88.8 Å². The Morgan fingerprint density at radius 2 is 1.79 bits per heavy atom. The van der Waals surface area contributed by atoms with Crippen molar-refractivity contribution in [1.29, 1.82) is 0 Å². The summed E-state index contributed by atoms with van der Waals surface area (Å²) in [6.07, 6.45) is 2.53. The Kier molecular flexibility index (Phi) is 5.08. The highest BCUT2D eigenvalue weighted by molar-refractivity contribution is 6.08. The molecule has 3 N–H and O–H groups in total. The maximum absolute atomic E-state index is 13.3. The van der Waals surface area contributed by atoms with E-state index in [1.165, 1.54) is 18.3 Å². The van der Waals surface area contributed by atoms with Crippen molar-refractivity contribution in [1.82, 2.24) is 9.78 Å². The predicted molar refractivity (Wildman–Crippen MR) is 127 cm³/mol. The zero-order chi connectivity index (χ0) is 24.0. The molecular formula is C26H24N4O4. The summed E-state index contributed by atoms with van der Waals surface area (Å²) in [6.45, 7) is 4.09. The van der Waals surface area contributed by atoms with Crippen molar-refractivity contribution in [3.8, 4) is 0 Å². The Labute approximate surface area is 196 Å². The smallest absolute Gasteiger partial charge is 0.335 e. The van der Waals surface area contributed by atoms with Crippen LogP contribution in [0.4, 0.5) is 11.5 Å². The van der Waals surface area contributed by atoms with E-state index in [0.717, 1.165) is 11.3 Å². The Morgan fingerprint density at radius 3 is 2.47 bits per heavy atom. The number of aromatic nitrogens is 2. The van der Waals surface area contributed by atoms with E-state index in [1.54, 1.807) is 28.9 Å². The van der Waals surface area contributed by atoms with E-state index in [2.05, 4.69) is 15.7 Å². The van der Waals surface area contributed by atoms with E-state index in [0.29, 0.717) is 35.5 Å². The average molecular weight is 457 g/mol. The Bertz CT molecular complexity index is 1340. The number of aromatic carboxylic acids is 1. The second-order valence-corrected chi connectivity index (χ2v) is 9.46. The van der Waals surface area contributed by atoms with Gasteiger partial charge in [-0.2, -0.15) is 5.10 Å². The van der Waals surface area contributed by atoms with E-state index in [9.17, 15) is 19.5 Å². The molecule has 0 saturated carbocycles. The number of nitrogens with one attached hydrogen (secondary N) is 2. The number of rotatable bonds is 4. The number of carbonyl (C=O) groups is 3. The largest absolute Gasteiger partial charge is 0.478 e. The lowest BCUT2D eigenvalue weighted by atomic mass is 9.73. The summed E-state index contributed by atoms with van der Waals surface area (Å²) in [7, 11) is 0. The van der Waals surface area contributed by atoms with Gasteiger partial charge in [0.2, 0.25) is 0 Å². The van der Waals surface area contributed by atoms with Crippen LogP contribution in [0.1, 0.15) is 59.0 Å². The third-order valence-corrected chi connectivity index (χ3v) is 6.25. The lowest BCUT2D eigenvalue weighted by molar-refractivity contribution is -0.118. The highest BCUT2D eigenvalue weighted by Crippen LogP contribution is 2.46. The molecule has 2 heterocycles. The van der Waals surface area contributed by atoms with Gasteiger partial charge in [-0.3, -0.25) is 9.59 Å². The Hall–Kier alpha value is -4.20. The number of allylic oxidation sites excluding steroid dienone is 2. The van der Waals surface area contributed by atoms with Crippen LogP contribution in [0.2, 0.25) is 0 Å². The molecule has 2 aromatic carbocycles. The van der Waals surface area contributed by atoms with Gasteiger partial charge in [0.15, 0.2) is 5.78 Å². The van der Waals surface area contributed by atoms with Crippen LogP contribution < -0.4 is 10.6 Å². The van der Waals surface area contributed by atoms with E-state index in [4.69, 9.17) is 0 Å². The molecule has 172 valence electrons. The molecule has 0 radical (unpaired) electrons. The summed E-state index contributed by atoms with van der Waals surface area (Å²) < 4.78 is 1.64. The van der Waals surface area contributed by atoms with E-state index in [-0.39, 0.29) is 22.7 Å². The molecule has 3 aromatic rings. The summed E-state index contributed by atoms with van der Waals surface area (Å²) in [4.78, 5) is 37.7. The number of Topliss-reactive ketones (excluding diaryl/α,β-unsaturated/α-hetero) is 1. The number of ketones is 1. The summed E-state index contributed by atoms with van der Waals surface area (Å²) in [5.74, 6) is -0.815. The number of fused-ring (bicyclic) bond motifs is 1. The van der Waals surface area contributed by atoms with Crippen LogP contribution in [0.5, 0.6) is 0 Å². The van der Waals surface area contributed by atoms with E-state index < -0.39 is 12.0 Å². The fraction of sp³-hybridized carbons (Fsp3) is 0.231. The fourth-order valence-electron chi connectivity index (χ4n) is 4.71. The molecule has 1 aromatic heterocycles. The van der Waals surface area contributed by atoms with Crippen LogP contribution in [-0.4, -0.2) is 32.5 Å². The van der Waals surface area contributed by atoms with E-state index >= 15 is 0 Å². The number of nitrogens with zero attached hydrogens (tertiary/aromatic N) is 2. The number of hydrogen-bond donors (Lipinski definition) is 3. The second kappa shape index (κ2) is 7.98. The van der Waals surface area contributed by atoms with Gasteiger partial charge in [-0.05, 0) is 41.7 Å². The van der Waals surface area contributed by atoms with Crippen LogP contribution >= 0.6 is 0 Å². The molecule has 0 unspecified atom stereocenters. The van der Waals surface area contributed by atoms with Crippen LogP contribution in [0.3, 0.4) is 0 Å². The molecule has 0 bridgehead atoms. The monoisotopic (exact) mass is 456 g/mol. The minimum Gasteiger partial charge on any atom is -0.478 e. The van der Waals surface area contributed by atoms with Crippen LogP contribution in [0.25, 0.3) is 0 Å². The third kappa shape index (κ3) is 3.77. The Morgan fingerprint density at radius 1 is 1.09 bits per heavy atom. The molecule has 5 rings (SSSR count). The first-order valence-corrected chi connectivity index (χ1v) is 11.0. The van der Waals surface area contributed by atoms with Gasteiger partial charge in [0.25, 0.3) is 5.91 Å². The number of amides is 1. The van der Waals surface area contributed by atoms with Gasteiger partial charge in [0, 0.05) is 23.4 Å². The molecule has 1 aliphatic carbocycles. The molecule has 0 spiro atoms. The maximum atomic E-state index is 13.3. The standard InChI is InChI=1S/C26H24N4O4/c1-26(2)12-19-21(20(31)13-26)22(15-8-10-16(11-9-15)25(33)34)30-23(29-19)18(14-27-30)24(32)28-17-6-4-3-5-7-17/h3-11,14,22,29H,12-13H2,1-2H3,(H,28,32)(H,33,34)/t22-/m1/s1. The summed E-state index contributed by atoms with van der Waals surface area (Å²) in [5.41, 5.74) is 3.06. The highest BCUT2D eigenvalue weighted by atomic mass is 16.4. The molecule has 2 aliphatic rings. The molecule has 1 amide bonds. The SMILES string of the molecule is CC1(C)CC(=O)C2=C(C1)Nc1c(C(=O)Nc3ccccc3)cnn1[C@@H]2c1ccc(C(=O)O)cc1. The number of hydrogen-bond acceptors (Lipinski definition) is 5. The minimum absolute atomic E-state index is 0.0162. The molecule has 8 heteroatoms. The van der Waals surface area contributed by atoms with Gasteiger partial charge in [-0.15, -0.1) is 0 Å². The van der Waals surface area contributed by atoms with Gasteiger partial charge in [-0.1, -0.05) is 44.2 Å². The minimum atomic E-state index is -1.02. The van der Waals surface area contributed by atoms with Crippen molar-refractivity contribution < 1.29 is 19.5 Å². The molecule has 34 heavy (non-hydrogen) atoms. The average Bonchev–Trinajstić information content (AvgIpc) is 3.21. The number of carbonyl (C=O) groups excluding carboxylic acids is 2. The first-order chi connectivity index (χ1) is 16.2. The van der Waals surface area contributed by atoms with Crippen LogP contribution in [0.15, 0.2) is 72.1 Å². The van der Waals surface area contributed by atoms with Crippen molar-refractivity contribution in [2.24, 2.45) is 5.41 Å². The number of carboxylic acids is 1. The van der Waals surface area contributed by atoms with Gasteiger partial charge in [0.1, 0.15) is 17.4 Å². The molecule has 1 aliphatic heterocycles. The molecule has 0 saturated heterocycles. The molecule has 8 nitrogen and oxygen atoms in total. The molecular weight excluding hydrogens is 432 g/mol. The summed E-state index contributed by atoms with van der Waals surface area (Å²) in [5, 5.41) is 20.0. The first-order valence-electron chi connectivity index (χ1n) is 11.0. The van der Waals surface area contributed by atoms with Crippen molar-refractivity contribution >= 4 is 29.2 Å². The zero-order valence-electron chi connectivity index (χ0n) is 18.8. The van der Waals surface area contributed by atoms with E-state index in [1.807, 2.05) is 32.0 Å². The molecule has 1 atom stereocenters. The topological polar surface area (TPSA) is 113 Å². The van der Waals surface area contributed by atoms with Gasteiger partial charge in [-0.25, -0.2) is 9.48 Å². The lowest BCUT2D eigenvalue weighted by Crippen LogP contribution is -2.37. The fourth-order valence-corrected chi connectivity index (χ4v) is 4.71. The highest BCUT2D eigenvalue weighted by Gasteiger charge is 2.42. The predicted octanol–water partition coefficient (Wildman–Crippen LogP) is 4.49. The zero-order valence-corrected chi connectivity index (χ0v) is 18.8. The maximum Gasteiger partial charge on any atom is 0.335 e. The van der Waals surface area contributed by atoms with Gasteiger partial charge in [0.05, 0.1) is 11.8 Å². The summed E-state index contributed by atoms with van der Waals surface area (Å²) in [6, 6.07) is 15.0. The van der Waals surface area contributed by atoms with Crippen molar-refractivity contribution in [3.63, 3.8) is 0 Å². The third-order valence-electron chi connectivity index (χ3n) is 6.25. The number of carboxylic acid groups (broad SMARTS) is 1. The van der Waals surface area contributed by atoms with Crippen molar-refractivity contribution in [2.45, 2.75) is 32.7 Å². The quantitative estimate of drug-likeness (QED) is 0.533. The normalized spacial score (nSPS) is 18.5. The summed E-state index contributed by atoms with van der Waals surface area (Å²) >= 11 is 0. The van der Waals surface area contributed by atoms with Gasteiger partial charge < -0.3 is 15.7 Å². The molecule has 0 fully saturated rings. The Balaban J connectivity index is 1.60. The van der Waals surface area contributed by atoms with Crippen LogP contribution in [-0.2, 0) is 4.79 Å². The second-order valence-electron chi connectivity index (χ2n) is 9.46. The number of anilines is 2. The van der Waals surface area contributed by atoms with Crippen LogP contribution in [0, 0.1) is 5.41 Å². The number of benzene rings is 2. The van der Waals surface area contributed by atoms with Crippen molar-refractivity contribution in [2.75, 3.05) is 10.6 Å². The lowest BCUT2D eigenvalue weighted by Gasteiger charge is -2.39. The first kappa shape index (κ1) is 21.6.